The maximum absolute atomic E-state index is 13.5. The molecule has 0 spiro atoms. The van der Waals surface area contributed by atoms with E-state index in [1.165, 1.54) is 0 Å². The molecule has 1 unspecified atom stereocenters. The molecule has 1 saturated heterocycles. The molecule has 0 bridgehead atoms. The summed E-state index contributed by atoms with van der Waals surface area (Å²) >= 11 is 0. The Morgan fingerprint density at radius 1 is 0.806 bits per heavy atom. The highest BCUT2D eigenvalue weighted by molar-refractivity contribution is 5.98. The van der Waals surface area contributed by atoms with Gasteiger partial charge in [-0.05, 0) is 16.7 Å². The van der Waals surface area contributed by atoms with E-state index in [0.717, 1.165) is 21.6 Å². The number of nitrogens with one attached hydrogen (secondary N) is 1. The van der Waals surface area contributed by atoms with Gasteiger partial charge in [0.05, 0.1) is 18.5 Å². The van der Waals surface area contributed by atoms with Crippen molar-refractivity contribution in [2.75, 3.05) is 13.2 Å². The summed E-state index contributed by atoms with van der Waals surface area (Å²) in [5.74, 6) is -1.16. The monoisotopic (exact) mass is 414 g/mol. The fourth-order valence-electron chi connectivity index (χ4n) is 3.70. The van der Waals surface area contributed by atoms with E-state index in [-0.39, 0.29) is 19.1 Å². The summed E-state index contributed by atoms with van der Waals surface area (Å²) in [7, 11) is 0. The molecule has 0 aliphatic carbocycles. The largest absolute Gasteiger partial charge is 0.439 e. The average molecular weight is 414 g/mol. The van der Waals surface area contributed by atoms with Crippen molar-refractivity contribution in [3.8, 4) is 0 Å². The van der Waals surface area contributed by atoms with Gasteiger partial charge in [-0.25, -0.2) is 9.69 Å². The normalized spacial score (nSPS) is 14.4. The summed E-state index contributed by atoms with van der Waals surface area (Å²) in [5, 5.41) is 3.06. The van der Waals surface area contributed by atoms with Gasteiger partial charge in [0.2, 0.25) is 5.91 Å². The lowest BCUT2D eigenvalue weighted by atomic mass is 9.90. The van der Waals surface area contributed by atoms with Gasteiger partial charge in [-0.1, -0.05) is 91.0 Å². The molecule has 1 heterocycles. The number of carbonyl (C=O) groups is 3. The second-order valence-corrected chi connectivity index (χ2v) is 7.29. The van der Waals surface area contributed by atoms with Crippen molar-refractivity contribution in [3.05, 3.63) is 108 Å². The number of cyclic esters (lactones) is 1. The van der Waals surface area contributed by atoms with Crippen LogP contribution in [0.1, 0.15) is 28.7 Å². The third kappa shape index (κ3) is 4.64. The van der Waals surface area contributed by atoms with E-state index in [1.54, 1.807) is 0 Å². The number of ether oxygens (including phenoxy) is 1. The average Bonchev–Trinajstić information content (AvgIpc) is 3.13. The van der Waals surface area contributed by atoms with E-state index in [0.29, 0.717) is 0 Å². The summed E-state index contributed by atoms with van der Waals surface area (Å²) in [6, 6.07) is 27.8. The van der Waals surface area contributed by atoms with E-state index in [4.69, 9.17) is 4.74 Å². The Balaban J connectivity index is 1.65. The maximum Gasteiger partial charge on any atom is 0.417 e. The molecule has 0 aromatic heterocycles. The van der Waals surface area contributed by atoms with Gasteiger partial charge in [-0.15, -0.1) is 0 Å². The molecular formula is C25H22N2O4. The van der Waals surface area contributed by atoms with Gasteiger partial charge in [0.15, 0.2) is 6.61 Å². The highest BCUT2D eigenvalue weighted by Gasteiger charge is 2.34. The zero-order valence-electron chi connectivity index (χ0n) is 16.8. The van der Waals surface area contributed by atoms with E-state index in [1.807, 2.05) is 91.0 Å². The minimum absolute atomic E-state index is 0.00369. The number of rotatable bonds is 7. The SMILES string of the molecule is O=C(NC(CN1C(=O)COC1=O)c1ccccc1)C(c1ccccc1)c1ccccc1. The molecule has 3 aromatic rings. The van der Waals surface area contributed by atoms with Gasteiger partial charge in [0.25, 0.3) is 5.91 Å². The molecule has 0 saturated carbocycles. The predicted octanol–water partition coefficient (Wildman–Crippen LogP) is 3.65. The molecule has 3 aromatic carbocycles. The molecule has 4 rings (SSSR count). The Kier molecular flexibility index (Phi) is 6.08. The van der Waals surface area contributed by atoms with E-state index in [2.05, 4.69) is 5.32 Å². The van der Waals surface area contributed by atoms with E-state index in [9.17, 15) is 14.4 Å². The van der Waals surface area contributed by atoms with Crippen LogP contribution in [0.3, 0.4) is 0 Å². The molecule has 1 N–H and O–H groups in total. The fraction of sp³-hybridized carbons (Fsp3) is 0.160. The van der Waals surface area contributed by atoms with Crippen molar-refractivity contribution in [1.29, 1.82) is 0 Å². The highest BCUT2D eigenvalue weighted by Crippen LogP contribution is 2.27. The summed E-state index contributed by atoms with van der Waals surface area (Å²) in [4.78, 5) is 38.6. The Hall–Kier alpha value is -3.93. The zero-order chi connectivity index (χ0) is 21.6. The van der Waals surface area contributed by atoms with Gasteiger partial charge in [-0.2, -0.15) is 0 Å². The first-order valence-corrected chi connectivity index (χ1v) is 10.1. The van der Waals surface area contributed by atoms with Crippen molar-refractivity contribution < 1.29 is 19.1 Å². The molecule has 1 aliphatic heterocycles. The second-order valence-electron chi connectivity index (χ2n) is 7.29. The van der Waals surface area contributed by atoms with Crippen LogP contribution in [0.15, 0.2) is 91.0 Å². The Bertz CT molecular complexity index is 999. The summed E-state index contributed by atoms with van der Waals surface area (Å²) in [6.45, 7) is -0.269. The van der Waals surface area contributed by atoms with Gasteiger partial charge < -0.3 is 10.1 Å². The van der Waals surface area contributed by atoms with Crippen LogP contribution in [0.5, 0.6) is 0 Å². The maximum atomic E-state index is 13.5. The number of hydrogen-bond donors (Lipinski definition) is 1. The molecule has 6 nitrogen and oxygen atoms in total. The number of hydrogen-bond acceptors (Lipinski definition) is 4. The van der Waals surface area contributed by atoms with Crippen molar-refractivity contribution in [2.24, 2.45) is 0 Å². The fourth-order valence-corrected chi connectivity index (χ4v) is 3.70. The molecule has 1 atom stereocenters. The molecule has 31 heavy (non-hydrogen) atoms. The summed E-state index contributed by atoms with van der Waals surface area (Å²) < 4.78 is 4.83. The lowest BCUT2D eigenvalue weighted by Gasteiger charge is -2.26. The number of nitrogens with zero attached hydrogens (tertiary/aromatic N) is 1. The lowest BCUT2D eigenvalue weighted by Crippen LogP contribution is -2.42. The first-order chi connectivity index (χ1) is 15.1. The Labute approximate surface area is 180 Å². The Morgan fingerprint density at radius 3 is 1.74 bits per heavy atom. The van der Waals surface area contributed by atoms with Gasteiger partial charge in [0.1, 0.15) is 0 Å². The molecule has 1 fully saturated rings. The number of carbonyl (C=O) groups excluding carboxylic acids is 3. The van der Waals surface area contributed by atoms with Gasteiger partial charge >= 0.3 is 6.09 Å². The smallest absolute Gasteiger partial charge is 0.417 e. The van der Waals surface area contributed by atoms with Crippen molar-refractivity contribution in [3.63, 3.8) is 0 Å². The van der Waals surface area contributed by atoms with Crippen LogP contribution < -0.4 is 5.32 Å². The zero-order valence-corrected chi connectivity index (χ0v) is 16.8. The highest BCUT2D eigenvalue weighted by atomic mass is 16.6. The van der Waals surface area contributed by atoms with E-state index < -0.39 is 24.0 Å². The molecule has 1 aliphatic rings. The molecule has 3 amide bonds. The minimum atomic E-state index is -0.692. The van der Waals surface area contributed by atoms with Crippen molar-refractivity contribution in [2.45, 2.75) is 12.0 Å². The molecule has 156 valence electrons. The van der Waals surface area contributed by atoms with Crippen LogP contribution in [0.4, 0.5) is 4.79 Å². The Morgan fingerprint density at radius 2 is 1.29 bits per heavy atom. The van der Waals surface area contributed by atoms with Crippen LogP contribution in [-0.2, 0) is 14.3 Å². The quantitative estimate of drug-likeness (QED) is 0.640. The molecular weight excluding hydrogens is 392 g/mol. The number of imide groups is 1. The van der Waals surface area contributed by atoms with E-state index >= 15 is 0 Å². The molecule has 6 heteroatoms. The summed E-state index contributed by atoms with van der Waals surface area (Å²) in [5.41, 5.74) is 2.51. The van der Waals surface area contributed by atoms with Crippen LogP contribution in [-0.4, -0.2) is 36.0 Å². The third-order valence-corrected chi connectivity index (χ3v) is 5.25. The van der Waals surface area contributed by atoms with Crippen LogP contribution in [0, 0.1) is 0 Å². The first-order valence-electron chi connectivity index (χ1n) is 10.1. The van der Waals surface area contributed by atoms with Crippen molar-refractivity contribution >= 4 is 17.9 Å². The van der Waals surface area contributed by atoms with Crippen LogP contribution >= 0.6 is 0 Å². The standard InChI is InChI=1S/C25H22N2O4/c28-22-17-31-25(30)27(22)16-21(18-10-4-1-5-11-18)26-24(29)23(19-12-6-2-7-13-19)20-14-8-3-9-15-20/h1-15,21,23H,16-17H2,(H,26,29). The van der Waals surface area contributed by atoms with Gasteiger partial charge in [-0.3, -0.25) is 9.59 Å². The third-order valence-electron chi connectivity index (χ3n) is 5.25. The second kappa shape index (κ2) is 9.26. The van der Waals surface area contributed by atoms with Gasteiger partial charge in [0, 0.05) is 0 Å². The minimum Gasteiger partial charge on any atom is -0.439 e. The van der Waals surface area contributed by atoms with Crippen molar-refractivity contribution in [1.82, 2.24) is 10.2 Å². The van der Waals surface area contributed by atoms with Crippen LogP contribution in [0.2, 0.25) is 0 Å². The van der Waals surface area contributed by atoms with Crippen LogP contribution in [0.25, 0.3) is 0 Å². The number of benzene rings is 3. The first kappa shape index (κ1) is 20.3. The summed E-state index contributed by atoms with van der Waals surface area (Å²) in [6.07, 6.45) is -0.692. The number of amides is 3. The topological polar surface area (TPSA) is 75.7 Å². The predicted molar refractivity (Wildman–Crippen MR) is 115 cm³/mol. The lowest BCUT2D eigenvalue weighted by molar-refractivity contribution is -0.127. The molecule has 0 radical (unpaired) electrons.